The number of alkyl halides is 1. The fourth-order valence-electron chi connectivity index (χ4n) is 2.48. The molecule has 0 saturated heterocycles. The highest BCUT2D eigenvalue weighted by molar-refractivity contribution is 9.10. The number of carbonyl (C=O) groups is 1. The van der Waals surface area contributed by atoms with Gasteiger partial charge in [0, 0.05) is 33.0 Å². The number of nitrogens with zero attached hydrogens (tertiary/aromatic N) is 2. The van der Waals surface area contributed by atoms with Crippen molar-refractivity contribution in [3.05, 3.63) is 59.4 Å². The molecule has 0 fully saturated rings. The maximum absolute atomic E-state index is 12.1. The van der Waals surface area contributed by atoms with Crippen molar-refractivity contribution in [2.24, 2.45) is 0 Å². The molecular weight excluding hydrogens is 476 g/mol. The summed E-state index contributed by atoms with van der Waals surface area (Å²) in [5, 5.41) is 7.47. The van der Waals surface area contributed by atoms with Crippen LogP contribution in [0.5, 0.6) is 5.75 Å². The molecule has 3 rings (SSSR count). The van der Waals surface area contributed by atoms with Crippen LogP contribution in [0.25, 0.3) is 10.9 Å². The number of aromatic nitrogens is 2. The van der Waals surface area contributed by atoms with Gasteiger partial charge in [-0.1, -0.05) is 44.0 Å². The topological polar surface area (TPSA) is 76.1 Å². The zero-order chi connectivity index (χ0) is 19.2. The molecule has 0 spiro atoms. The molecule has 0 radical (unpaired) electrons. The number of fused-ring (bicyclic) bond motifs is 1. The second-order valence-corrected chi connectivity index (χ2v) is 7.04. The van der Waals surface area contributed by atoms with E-state index in [9.17, 15) is 4.79 Å². The van der Waals surface area contributed by atoms with Crippen molar-refractivity contribution in [3.63, 3.8) is 0 Å². The molecule has 8 heteroatoms. The Morgan fingerprint density at radius 3 is 2.85 bits per heavy atom. The monoisotopic (exact) mass is 490 g/mol. The molecule has 2 aromatic carbocycles. The highest BCUT2D eigenvalue weighted by Gasteiger charge is 2.12. The van der Waals surface area contributed by atoms with E-state index < -0.39 is 0 Å². The fourth-order valence-corrected chi connectivity index (χ4v) is 3.07. The Morgan fingerprint density at radius 1 is 1.26 bits per heavy atom. The van der Waals surface area contributed by atoms with Crippen LogP contribution in [0.4, 0.5) is 17.2 Å². The lowest BCUT2D eigenvalue weighted by atomic mass is 10.2. The van der Waals surface area contributed by atoms with Gasteiger partial charge in [0.15, 0.2) is 0 Å². The van der Waals surface area contributed by atoms with Crippen LogP contribution in [-0.2, 0) is 4.79 Å². The van der Waals surface area contributed by atoms with E-state index in [1.165, 1.54) is 12.4 Å². The minimum absolute atomic E-state index is 0.245. The number of methoxy groups -OCH3 is 1. The van der Waals surface area contributed by atoms with Gasteiger partial charge >= 0.3 is 0 Å². The largest absolute Gasteiger partial charge is 0.494 e. The molecule has 138 valence electrons. The Kier molecular flexibility index (Phi) is 6.41. The third kappa shape index (κ3) is 4.84. The van der Waals surface area contributed by atoms with Gasteiger partial charge in [-0.05, 0) is 24.3 Å². The third-order valence-corrected chi connectivity index (χ3v) is 4.53. The number of nitrogens with one attached hydrogen (secondary N) is 2. The van der Waals surface area contributed by atoms with E-state index in [1.54, 1.807) is 25.3 Å². The predicted molar refractivity (Wildman–Crippen MR) is 115 cm³/mol. The van der Waals surface area contributed by atoms with E-state index in [-0.39, 0.29) is 5.91 Å². The van der Waals surface area contributed by atoms with Crippen molar-refractivity contribution >= 4 is 65.9 Å². The van der Waals surface area contributed by atoms with Crippen LogP contribution in [0.15, 0.2) is 59.4 Å². The summed E-state index contributed by atoms with van der Waals surface area (Å²) in [7, 11) is 1.55. The summed E-state index contributed by atoms with van der Waals surface area (Å²) < 4.78 is 6.36. The molecule has 1 aromatic heterocycles. The average molecular weight is 492 g/mol. The van der Waals surface area contributed by atoms with Gasteiger partial charge in [0.2, 0.25) is 5.91 Å². The van der Waals surface area contributed by atoms with Gasteiger partial charge in [-0.25, -0.2) is 9.97 Å². The molecule has 2 N–H and O–H groups in total. The van der Waals surface area contributed by atoms with Crippen molar-refractivity contribution in [2.75, 3.05) is 23.1 Å². The van der Waals surface area contributed by atoms with Gasteiger partial charge in [0.05, 0.1) is 18.3 Å². The first-order valence-electron chi connectivity index (χ1n) is 7.99. The Morgan fingerprint density at radius 2 is 2.11 bits per heavy atom. The van der Waals surface area contributed by atoms with Crippen molar-refractivity contribution in [1.29, 1.82) is 0 Å². The van der Waals surface area contributed by atoms with E-state index in [0.717, 1.165) is 15.5 Å². The summed E-state index contributed by atoms with van der Waals surface area (Å²) in [6, 6.07) is 11.3. The average Bonchev–Trinajstić information content (AvgIpc) is 2.66. The summed E-state index contributed by atoms with van der Waals surface area (Å²) in [6.45, 7) is 0. The number of amides is 1. The van der Waals surface area contributed by atoms with Crippen LogP contribution in [0.2, 0.25) is 0 Å². The number of hydrogen-bond donors (Lipinski definition) is 2. The lowest BCUT2D eigenvalue weighted by molar-refractivity contribution is -0.111. The Hall–Kier alpha value is -2.45. The second kappa shape index (κ2) is 8.96. The summed E-state index contributed by atoms with van der Waals surface area (Å²) in [4.78, 5) is 20.7. The van der Waals surface area contributed by atoms with E-state index in [4.69, 9.17) is 4.74 Å². The molecule has 27 heavy (non-hydrogen) atoms. The van der Waals surface area contributed by atoms with Crippen molar-refractivity contribution in [2.45, 2.75) is 0 Å². The van der Waals surface area contributed by atoms with Gasteiger partial charge in [-0.3, -0.25) is 4.79 Å². The molecule has 3 aromatic rings. The van der Waals surface area contributed by atoms with Crippen LogP contribution < -0.4 is 15.4 Å². The first-order valence-corrected chi connectivity index (χ1v) is 9.91. The maximum atomic E-state index is 12.1. The molecule has 1 amide bonds. The lowest BCUT2D eigenvalue weighted by Gasteiger charge is -2.13. The SMILES string of the molecule is COc1cc2ncnc(Nc3cccc(Br)c3)c2cc1NC(=O)/C=C/CBr. The Labute approximate surface area is 173 Å². The molecule has 0 atom stereocenters. The maximum Gasteiger partial charge on any atom is 0.248 e. The van der Waals surface area contributed by atoms with Crippen LogP contribution in [0, 0.1) is 0 Å². The van der Waals surface area contributed by atoms with E-state index in [1.807, 2.05) is 24.3 Å². The molecule has 0 aliphatic heterocycles. The lowest BCUT2D eigenvalue weighted by Crippen LogP contribution is -2.09. The quantitative estimate of drug-likeness (QED) is 0.373. The molecular formula is C19H16Br2N4O2. The minimum atomic E-state index is -0.245. The van der Waals surface area contributed by atoms with E-state index in [2.05, 4.69) is 52.5 Å². The molecule has 0 unspecified atom stereocenters. The number of halogens is 2. The highest BCUT2D eigenvalue weighted by atomic mass is 79.9. The van der Waals surface area contributed by atoms with Crippen LogP contribution >= 0.6 is 31.9 Å². The summed E-state index contributed by atoms with van der Waals surface area (Å²) in [5.41, 5.74) is 2.13. The predicted octanol–water partition coefficient (Wildman–Crippen LogP) is 5.03. The number of allylic oxidation sites excluding steroid dienone is 1. The molecule has 0 aliphatic rings. The fraction of sp³-hybridized carbons (Fsp3) is 0.105. The molecule has 1 heterocycles. The molecule has 0 aliphatic carbocycles. The normalized spacial score (nSPS) is 10.9. The number of rotatable bonds is 6. The first-order chi connectivity index (χ1) is 13.1. The minimum Gasteiger partial charge on any atom is -0.494 e. The molecule has 0 saturated carbocycles. The van der Waals surface area contributed by atoms with Crippen LogP contribution in [-0.4, -0.2) is 28.3 Å². The van der Waals surface area contributed by atoms with Gasteiger partial charge < -0.3 is 15.4 Å². The van der Waals surface area contributed by atoms with Gasteiger partial charge in [0.25, 0.3) is 0 Å². The van der Waals surface area contributed by atoms with Crippen molar-refractivity contribution in [1.82, 2.24) is 9.97 Å². The Bertz CT molecular complexity index is 1010. The number of benzene rings is 2. The molecule has 0 bridgehead atoms. The van der Waals surface area contributed by atoms with E-state index >= 15 is 0 Å². The second-order valence-electron chi connectivity index (χ2n) is 5.47. The standard InChI is InChI=1S/C19H16Br2N4O2/c1-27-17-10-15-14(9-16(17)25-18(26)6-3-7-20)19(23-11-22-15)24-13-5-2-4-12(21)8-13/h2-6,8-11H,7H2,1H3,(H,25,26)(H,22,23,24)/b6-3+. The number of hydrogen-bond acceptors (Lipinski definition) is 5. The Balaban J connectivity index is 2.01. The smallest absolute Gasteiger partial charge is 0.248 e. The zero-order valence-corrected chi connectivity index (χ0v) is 17.5. The third-order valence-electron chi connectivity index (χ3n) is 3.66. The van der Waals surface area contributed by atoms with Gasteiger partial charge in [0.1, 0.15) is 17.9 Å². The van der Waals surface area contributed by atoms with Crippen molar-refractivity contribution in [3.8, 4) is 5.75 Å². The first kappa shape index (κ1) is 19.3. The molecule has 6 nitrogen and oxygen atoms in total. The number of anilines is 3. The summed E-state index contributed by atoms with van der Waals surface area (Å²) in [5.74, 6) is 0.910. The number of ether oxygens (including phenoxy) is 1. The van der Waals surface area contributed by atoms with E-state index in [0.29, 0.717) is 28.1 Å². The highest BCUT2D eigenvalue weighted by Crippen LogP contribution is 2.33. The zero-order valence-electron chi connectivity index (χ0n) is 14.4. The van der Waals surface area contributed by atoms with Gasteiger partial charge in [-0.15, -0.1) is 0 Å². The summed E-state index contributed by atoms with van der Waals surface area (Å²) in [6.07, 6.45) is 4.66. The van der Waals surface area contributed by atoms with Gasteiger partial charge in [-0.2, -0.15) is 0 Å². The summed E-state index contributed by atoms with van der Waals surface area (Å²) >= 11 is 6.71. The van der Waals surface area contributed by atoms with Crippen LogP contribution in [0.1, 0.15) is 0 Å². The number of carbonyl (C=O) groups excluding carboxylic acids is 1. The van der Waals surface area contributed by atoms with Crippen molar-refractivity contribution < 1.29 is 9.53 Å². The van der Waals surface area contributed by atoms with Crippen LogP contribution in [0.3, 0.4) is 0 Å².